The Morgan fingerprint density at radius 1 is 1.09 bits per heavy atom. The molecule has 1 aromatic heterocycles. The number of hydrogen-bond acceptors (Lipinski definition) is 4. The molecule has 0 fully saturated rings. The van der Waals surface area contributed by atoms with Gasteiger partial charge in [-0.3, -0.25) is 19.8 Å². The highest BCUT2D eigenvalue weighted by Crippen LogP contribution is 2.43. The molecule has 118 valence electrons. The van der Waals surface area contributed by atoms with Gasteiger partial charge >= 0.3 is 0 Å². The largest absolute Gasteiger partial charge is 0.497 e. The van der Waals surface area contributed by atoms with Crippen molar-refractivity contribution in [3.63, 3.8) is 0 Å². The topological polar surface area (TPSA) is 87.0 Å². The summed E-state index contributed by atoms with van der Waals surface area (Å²) in [6.07, 6.45) is 2.19. The van der Waals surface area contributed by atoms with Crippen molar-refractivity contribution in [2.24, 2.45) is 0 Å². The molecule has 0 saturated carbocycles. The van der Waals surface area contributed by atoms with E-state index in [1.54, 1.807) is 7.11 Å². The second kappa shape index (κ2) is 5.15. The Morgan fingerprint density at radius 2 is 1.87 bits per heavy atom. The number of ketones is 1. The summed E-state index contributed by atoms with van der Waals surface area (Å²) in [5, 5.41) is 8.72. The summed E-state index contributed by atoms with van der Waals surface area (Å²) >= 11 is 0. The van der Waals surface area contributed by atoms with Crippen LogP contribution in [-0.4, -0.2) is 23.1 Å². The highest BCUT2D eigenvalue weighted by molar-refractivity contribution is 6.00. The Morgan fingerprint density at radius 3 is 2.61 bits per heavy atom. The number of rotatable bonds is 2. The minimum Gasteiger partial charge on any atom is -0.497 e. The maximum atomic E-state index is 12.5. The van der Waals surface area contributed by atoms with Gasteiger partial charge in [0.2, 0.25) is 0 Å². The first-order chi connectivity index (χ1) is 11.2. The number of H-pyrrole nitrogens is 2. The van der Waals surface area contributed by atoms with E-state index in [1.807, 2.05) is 24.3 Å². The molecule has 0 bridgehead atoms. The number of allylic oxidation sites excluding steroid dienone is 2. The SMILES string of the molecule is COc1ccc([C@@H]2C3=C(CCCC3=O)Nc3[nH][nH]c(=O)c32)cc1. The number of fused-ring (bicyclic) bond motifs is 1. The zero-order chi connectivity index (χ0) is 16.0. The predicted octanol–water partition coefficient (Wildman–Crippen LogP) is 2.28. The van der Waals surface area contributed by atoms with Crippen molar-refractivity contribution in [3.05, 3.63) is 57.0 Å². The second-order valence-electron chi connectivity index (χ2n) is 5.87. The molecular formula is C17H17N3O3. The smallest absolute Gasteiger partial charge is 0.270 e. The Kier molecular flexibility index (Phi) is 3.11. The van der Waals surface area contributed by atoms with Crippen molar-refractivity contribution in [3.8, 4) is 5.75 Å². The van der Waals surface area contributed by atoms with E-state index < -0.39 is 0 Å². The lowest BCUT2D eigenvalue weighted by molar-refractivity contribution is -0.116. The van der Waals surface area contributed by atoms with Gasteiger partial charge in [-0.1, -0.05) is 12.1 Å². The van der Waals surface area contributed by atoms with Crippen LogP contribution in [0.3, 0.4) is 0 Å². The molecule has 0 unspecified atom stereocenters. The average Bonchev–Trinajstić information content (AvgIpc) is 2.94. The van der Waals surface area contributed by atoms with E-state index in [0.29, 0.717) is 17.8 Å². The number of methoxy groups -OCH3 is 1. The predicted molar refractivity (Wildman–Crippen MR) is 85.8 cm³/mol. The van der Waals surface area contributed by atoms with Gasteiger partial charge in [0, 0.05) is 23.6 Å². The summed E-state index contributed by atoms with van der Waals surface area (Å²) in [5.74, 6) is 1.18. The third-order valence-corrected chi connectivity index (χ3v) is 4.57. The van der Waals surface area contributed by atoms with Gasteiger partial charge in [-0.25, -0.2) is 0 Å². The van der Waals surface area contributed by atoms with Crippen LogP contribution in [0, 0.1) is 0 Å². The van der Waals surface area contributed by atoms with E-state index in [0.717, 1.165) is 35.4 Å². The molecule has 3 N–H and O–H groups in total. The number of nitrogens with one attached hydrogen (secondary N) is 3. The van der Waals surface area contributed by atoms with Crippen molar-refractivity contribution < 1.29 is 9.53 Å². The van der Waals surface area contributed by atoms with E-state index >= 15 is 0 Å². The third kappa shape index (κ3) is 2.10. The fraction of sp³-hybridized carbons (Fsp3) is 0.294. The number of anilines is 1. The van der Waals surface area contributed by atoms with Gasteiger partial charge in [0.25, 0.3) is 5.56 Å². The molecule has 4 rings (SSSR count). The monoisotopic (exact) mass is 311 g/mol. The van der Waals surface area contributed by atoms with E-state index in [4.69, 9.17) is 4.74 Å². The molecule has 1 atom stereocenters. The van der Waals surface area contributed by atoms with E-state index in [9.17, 15) is 9.59 Å². The molecule has 0 radical (unpaired) electrons. The number of carbonyl (C=O) groups is 1. The summed E-state index contributed by atoms with van der Waals surface area (Å²) in [7, 11) is 1.61. The lowest BCUT2D eigenvalue weighted by atomic mass is 9.77. The van der Waals surface area contributed by atoms with Crippen LogP contribution in [0.1, 0.15) is 36.3 Å². The minimum absolute atomic E-state index is 0.116. The van der Waals surface area contributed by atoms with E-state index in [1.165, 1.54) is 0 Å². The molecule has 1 aliphatic carbocycles. The molecule has 2 aromatic rings. The molecule has 0 amide bonds. The standard InChI is InChI=1S/C17H17N3O3/c1-23-10-7-5-9(6-8-10)13-14-11(3-2-4-12(14)21)18-16-15(13)17(22)20-19-16/h5-8,13H,2-4H2,1H3,(H3,18,19,20,22)/t13-/m1/s1. The summed E-state index contributed by atoms with van der Waals surface area (Å²) in [6.45, 7) is 0. The van der Waals surface area contributed by atoms with Crippen LogP contribution in [0.4, 0.5) is 5.82 Å². The summed E-state index contributed by atoms with van der Waals surface area (Å²) < 4.78 is 5.20. The van der Waals surface area contributed by atoms with Gasteiger partial charge in [-0.2, -0.15) is 0 Å². The van der Waals surface area contributed by atoms with Crippen molar-refractivity contribution in [2.75, 3.05) is 12.4 Å². The van der Waals surface area contributed by atoms with Crippen molar-refractivity contribution >= 4 is 11.6 Å². The van der Waals surface area contributed by atoms with Gasteiger partial charge in [-0.05, 0) is 30.5 Å². The van der Waals surface area contributed by atoms with E-state index in [2.05, 4.69) is 15.5 Å². The van der Waals surface area contributed by atoms with Crippen molar-refractivity contribution in [1.82, 2.24) is 10.2 Å². The molecule has 23 heavy (non-hydrogen) atoms. The van der Waals surface area contributed by atoms with Gasteiger partial charge in [0.15, 0.2) is 5.78 Å². The Labute approximate surface area is 132 Å². The van der Waals surface area contributed by atoms with Crippen LogP contribution in [0.5, 0.6) is 5.75 Å². The molecule has 6 nitrogen and oxygen atoms in total. The zero-order valence-corrected chi connectivity index (χ0v) is 12.7. The minimum atomic E-state index is -0.338. The second-order valence-corrected chi connectivity index (χ2v) is 5.87. The molecule has 1 aliphatic heterocycles. The zero-order valence-electron chi connectivity index (χ0n) is 12.7. The number of carbonyl (C=O) groups excluding carboxylic acids is 1. The summed E-state index contributed by atoms with van der Waals surface area (Å²) in [4.78, 5) is 24.8. The van der Waals surface area contributed by atoms with Crippen LogP contribution >= 0.6 is 0 Å². The molecule has 2 aliphatic rings. The normalized spacial score (nSPS) is 19.9. The number of hydrogen-bond donors (Lipinski definition) is 3. The maximum absolute atomic E-state index is 12.5. The lowest BCUT2D eigenvalue weighted by Crippen LogP contribution is -2.29. The van der Waals surface area contributed by atoms with Crippen LogP contribution in [0.2, 0.25) is 0 Å². The molecular weight excluding hydrogens is 294 g/mol. The highest BCUT2D eigenvalue weighted by Gasteiger charge is 2.37. The number of ether oxygens (including phenoxy) is 1. The van der Waals surface area contributed by atoms with Crippen LogP contribution < -0.4 is 15.6 Å². The third-order valence-electron chi connectivity index (χ3n) is 4.57. The Balaban J connectivity index is 1.92. The first-order valence-corrected chi connectivity index (χ1v) is 7.67. The first-order valence-electron chi connectivity index (χ1n) is 7.67. The number of benzene rings is 1. The van der Waals surface area contributed by atoms with Gasteiger partial charge in [0.05, 0.1) is 12.7 Å². The summed E-state index contributed by atoms with van der Waals surface area (Å²) in [5.41, 5.74) is 2.94. The average molecular weight is 311 g/mol. The fourth-order valence-electron chi connectivity index (χ4n) is 3.49. The number of Topliss-reactive ketones (excluding diaryl/α,β-unsaturated/α-hetero) is 1. The van der Waals surface area contributed by atoms with Gasteiger partial charge in [0.1, 0.15) is 11.6 Å². The van der Waals surface area contributed by atoms with Crippen LogP contribution in [0.25, 0.3) is 0 Å². The first kappa shape index (κ1) is 13.9. The molecule has 0 spiro atoms. The number of aromatic nitrogens is 2. The Bertz CT molecular complexity index is 858. The fourth-order valence-corrected chi connectivity index (χ4v) is 3.49. The van der Waals surface area contributed by atoms with Gasteiger partial charge < -0.3 is 10.1 Å². The highest BCUT2D eigenvalue weighted by atomic mass is 16.5. The van der Waals surface area contributed by atoms with Crippen molar-refractivity contribution in [2.45, 2.75) is 25.2 Å². The quantitative estimate of drug-likeness (QED) is 0.794. The molecule has 6 heteroatoms. The van der Waals surface area contributed by atoms with Gasteiger partial charge in [-0.15, -0.1) is 0 Å². The van der Waals surface area contributed by atoms with E-state index in [-0.39, 0.29) is 17.3 Å². The lowest BCUT2D eigenvalue weighted by Gasteiger charge is -2.31. The molecule has 1 aromatic carbocycles. The Hall–Kier alpha value is -2.76. The number of aromatic amines is 2. The summed E-state index contributed by atoms with van der Waals surface area (Å²) in [6, 6.07) is 7.53. The van der Waals surface area contributed by atoms with Crippen LogP contribution in [-0.2, 0) is 4.79 Å². The molecule has 2 heterocycles. The molecule has 0 saturated heterocycles. The van der Waals surface area contributed by atoms with Crippen molar-refractivity contribution in [1.29, 1.82) is 0 Å². The van der Waals surface area contributed by atoms with Crippen LogP contribution in [0.15, 0.2) is 40.3 Å². The maximum Gasteiger partial charge on any atom is 0.270 e.